The van der Waals surface area contributed by atoms with Crippen LogP contribution in [0.25, 0.3) is 0 Å². The molecule has 2 atom stereocenters. The van der Waals surface area contributed by atoms with E-state index in [9.17, 15) is 4.79 Å². The number of carbonyl (C=O) groups excluding carboxylic acids is 1. The minimum absolute atomic E-state index is 0.177. The van der Waals surface area contributed by atoms with Gasteiger partial charge in [-0.3, -0.25) is 0 Å². The van der Waals surface area contributed by atoms with Crippen molar-refractivity contribution in [3.05, 3.63) is 0 Å². The molecule has 2 fully saturated rings. The molecule has 2 rings (SSSR count). The van der Waals surface area contributed by atoms with Crippen LogP contribution >= 0.6 is 0 Å². The summed E-state index contributed by atoms with van der Waals surface area (Å²) in [5.41, 5.74) is -0.410. The van der Waals surface area contributed by atoms with Gasteiger partial charge in [-0.1, -0.05) is 0 Å². The molecule has 2 unspecified atom stereocenters. The van der Waals surface area contributed by atoms with Crippen molar-refractivity contribution in [3.8, 4) is 0 Å². The quantitative estimate of drug-likeness (QED) is 0.794. The van der Waals surface area contributed by atoms with Crippen LogP contribution in [0.5, 0.6) is 0 Å². The van der Waals surface area contributed by atoms with Crippen LogP contribution in [0.15, 0.2) is 0 Å². The lowest BCUT2D eigenvalue weighted by molar-refractivity contribution is 0.0184. The summed E-state index contributed by atoms with van der Waals surface area (Å²) in [7, 11) is 0. The Hall–Kier alpha value is -0.810. The Balaban J connectivity index is 1.80. The van der Waals surface area contributed by atoms with E-state index in [-0.39, 0.29) is 6.09 Å². The monoisotopic (exact) mass is 269 g/mol. The zero-order valence-electron chi connectivity index (χ0n) is 12.4. The van der Waals surface area contributed by atoms with E-state index in [1.165, 1.54) is 6.42 Å². The molecule has 19 heavy (non-hydrogen) atoms. The van der Waals surface area contributed by atoms with Gasteiger partial charge in [-0.2, -0.15) is 0 Å². The lowest BCUT2D eigenvalue weighted by atomic mass is 10.0. The predicted molar refractivity (Wildman–Crippen MR) is 75.2 cm³/mol. The van der Waals surface area contributed by atoms with Gasteiger partial charge in [-0.15, -0.1) is 0 Å². The average molecular weight is 269 g/mol. The van der Waals surface area contributed by atoms with Gasteiger partial charge in [0.25, 0.3) is 0 Å². The normalized spacial score (nSPS) is 28.5. The average Bonchev–Trinajstić information content (AvgIpc) is 2.80. The Kier molecular flexibility index (Phi) is 4.68. The van der Waals surface area contributed by atoms with Crippen LogP contribution in [0.1, 0.15) is 40.0 Å². The van der Waals surface area contributed by atoms with Crippen LogP contribution < -0.4 is 10.6 Å². The van der Waals surface area contributed by atoms with Gasteiger partial charge in [-0.25, -0.2) is 4.79 Å². The van der Waals surface area contributed by atoms with Crippen LogP contribution in [0, 0.1) is 0 Å². The topological polar surface area (TPSA) is 53.6 Å². The highest BCUT2D eigenvalue weighted by molar-refractivity contribution is 5.68. The molecular formula is C14H27N3O2. The molecule has 0 bridgehead atoms. The minimum Gasteiger partial charge on any atom is -0.444 e. The molecule has 5 heteroatoms. The third kappa shape index (κ3) is 4.66. The molecule has 0 radical (unpaired) electrons. The maximum atomic E-state index is 12.1. The molecule has 2 saturated heterocycles. The summed E-state index contributed by atoms with van der Waals surface area (Å²) in [6, 6.07) is 0.967. The fourth-order valence-electron chi connectivity index (χ4n) is 2.74. The third-order valence-corrected chi connectivity index (χ3v) is 3.60. The van der Waals surface area contributed by atoms with E-state index in [2.05, 4.69) is 10.6 Å². The second-order valence-corrected chi connectivity index (χ2v) is 6.62. The fourth-order valence-corrected chi connectivity index (χ4v) is 2.74. The number of hydrogen-bond acceptors (Lipinski definition) is 4. The molecule has 5 nitrogen and oxygen atoms in total. The summed E-state index contributed by atoms with van der Waals surface area (Å²) in [5, 5.41) is 7.01. The molecule has 110 valence electrons. The Labute approximate surface area is 116 Å². The molecule has 2 aliphatic heterocycles. The Morgan fingerprint density at radius 1 is 1.32 bits per heavy atom. The Morgan fingerprint density at radius 3 is 2.74 bits per heavy atom. The number of ether oxygens (including phenoxy) is 1. The second-order valence-electron chi connectivity index (χ2n) is 6.62. The van der Waals surface area contributed by atoms with Crippen molar-refractivity contribution in [2.75, 3.05) is 26.2 Å². The van der Waals surface area contributed by atoms with Crippen LogP contribution in [-0.2, 0) is 4.74 Å². The van der Waals surface area contributed by atoms with Gasteiger partial charge in [0, 0.05) is 31.7 Å². The van der Waals surface area contributed by atoms with Gasteiger partial charge in [0.1, 0.15) is 5.60 Å². The van der Waals surface area contributed by atoms with E-state index in [0.717, 1.165) is 39.0 Å². The lowest BCUT2D eigenvalue weighted by Crippen LogP contribution is -2.52. The highest BCUT2D eigenvalue weighted by Crippen LogP contribution is 2.16. The summed E-state index contributed by atoms with van der Waals surface area (Å²) in [6.45, 7) is 9.46. The smallest absolute Gasteiger partial charge is 0.410 e. The summed E-state index contributed by atoms with van der Waals surface area (Å²) >= 11 is 0. The number of nitrogens with one attached hydrogen (secondary N) is 2. The van der Waals surface area contributed by atoms with E-state index in [1.54, 1.807) is 0 Å². The van der Waals surface area contributed by atoms with Crippen LogP contribution in [0.2, 0.25) is 0 Å². The zero-order chi connectivity index (χ0) is 13.9. The van der Waals surface area contributed by atoms with Crippen molar-refractivity contribution >= 4 is 6.09 Å². The number of hydrogen-bond donors (Lipinski definition) is 2. The van der Waals surface area contributed by atoms with E-state index >= 15 is 0 Å². The largest absolute Gasteiger partial charge is 0.444 e. The molecule has 1 amide bonds. The first-order valence-corrected chi connectivity index (χ1v) is 7.39. The van der Waals surface area contributed by atoms with E-state index < -0.39 is 5.60 Å². The molecule has 0 aromatic carbocycles. The van der Waals surface area contributed by atoms with Crippen LogP contribution in [-0.4, -0.2) is 54.9 Å². The van der Waals surface area contributed by atoms with E-state index in [0.29, 0.717) is 12.1 Å². The molecule has 2 aliphatic rings. The number of nitrogens with zero attached hydrogens (tertiary/aromatic N) is 1. The number of amides is 1. The summed E-state index contributed by atoms with van der Waals surface area (Å²) in [4.78, 5) is 13.9. The van der Waals surface area contributed by atoms with Gasteiger partial charge in [0.2, 0.25) is 0 Å². The van der Waals surface area contributed by atoms with Gasteiger partial charge in [-0.05, 0) is 46.6 Å². The first-order chi connectivity index (χ1) is 8.94. The third-order valence-electron chi connectivity index (χ3n) is 3.60. The highest BCUT2D eigenvalue weighted by Gasteiger charge is 2.29. The minimum atomic E-state index is -0.410. The Morgan fingerprint density at radius 2 is 2.11 bits per heavy atom. The standard InChI is InChI=1S/C14H27N3O2/c1-14(2,3)19-13(18)17-8-4-5-12(10-17)16-11-6-7-15-9-11/h11-12,15-16H,4-10H2,1-3H3. The van der Waals surface area contributed by atoms with Crippen molar-refractivity contribution in [1.82, 2.24) is 15.5 Å². The molecule has 2 N–H and O–H groups in total. The van der Waals surface area contributed by atoms with Gasteiger partial charge in [0.05, 0.1) is 0 Å². The maximum absolute atomic E-state index is 12.1. The molecule has 0 aromatic rings. The van der Waals surface area contributed by atoms with Gasteiger partial charge < -0.3 is 20.3 Å². The van der Waals surface area contributed by atoms with E-state index in [4.69, 9.17) is 4.74 Å². The van der Waals surface area contributed by atoms with E-state index in [1.807, 2.05) is 25.7 Å². The van der Waals surface area contributed by atoms with Crippen LogP contribution in [0.4, 0.5) is 4.79 Å². The molecule has 0 aromatic heterocycles. The lowest BCUT2D eigenvalue weighted by Gasteiger charge is -2.35. The zero-order valence-corrected chi connectivity index (χ0v) is 12.4. The van der Waals surface area contributed by atoms with Crippen molar-refractivity contribution in [3.63, 3.8) is 0 Å². The molecule has 0 aliphatic carbocycles. The maximum Gasteiger partial charge on any atom is 0.410 e. The number of rotatable bonds is 2. The summed E-state index contributed by atoms with van der Waals surface area (Å²) < 4.78 is 5.44. The second kappa shape index (κ2) is 6.09. The summed E-state index contributed by atoms with van der Waals surface area (Å²) in [6.07, 6.45) is 3.21. The van der Waals surface area contributed by atoms with Crippen LogP contribution in [0.3, 0.4) is 0 Å². The first kappa shape index (κ1) is 14.6. The predicted octanol–water partition coefficient (Wildman–Crippen LogP) is 1.34. The van der Waals surface area contributed by atoms with Gasteiger partial charge in [0.15, 0.2) is 0 Å². The first-order valence-electron chi connectivity index (χ1n) is 7.39. The molecular weight excluding hydrogens is 242 g/mol. The number of carbonyl (C=O) groups is 1. The van der Waals surface area contributed by atoms with Crippen molar-refractivity contribution in [2.45, 2.75) is 57.7 Å². The van der Waals surface area contributed by atoms with Crippen molar-refractivity contribution in [2.24, 2.45) is 0 Å². The molecule has 0 saturated carbocycles. The molecule has 0 spiro atoms. The SMILES string of the molecule is CC(C)(C)OC(=O)N1CCCC(NC2CCNC2)C1. The highest BCUT2D eigenvalue weighted by atomic mass is 16.6. The summed E-state index contributed by atoms with van der Waals surface area (Å²) in [5.74, 6) is 0. The number of likely N-dealkylation sites (tertiary alicyclic amines) is 1. The van der Waals surface area contributed by atoms with Crippen molar-refractivity contribution in [1.29, 1.82) is 0 Å². The Bertz CT molecular complexity index is 308. The fraction of sp³-hybridized carbons (Fsp3) is 0.929. The molecule has 2 heterocycles. The van der Waals surface area contributed by atoms with Gasteiger partial charge >= 0.3 is 6.09 Å². The number of piperidine rings is 1. The van der Waals surface area contributed by atoms with Crippen molar-refractivity contribution < 1.29 is 9.53 Å².